The Morgan fingerprint density at radius 3 is 1.42 bits per heavy atom. The smallest absolute Gasteiger partial charge is 0.448 e. The number of hydrogen-bond donors (Lipinski definition) is 5. The lowest BCUT2D eigenvalue weighted by molar-refractivity contribution is -0.0586. The summed E-state index contributed by atoms with van der Waals surface area (Å²) in [5, 5.41) is 11.7. The van der Waals surface area contributed by atoms with E-state index < -0.39 is 57.2 Å². The normalized spacial score (nSPS) is 12.3. The largest absolute Gasteiger partial charge is 0.524 e. The number of sulfonamides is 2. The number of benzene rings is 4. The number of alkyl halides is 6. The van der Waals surface area contributed by atoms with Gasteiger partial charge in [0.1, 0.15) is 17.2 Å². The van der Waals surface area contributed by atoms with Gasteiger partial charge in [0.05, 0.1) is 26.7 Å². The van der Waals surface area contributed by atoms with Crippen molar-refractivity contribution in [2.45, 2.75) is 87.0 Å². The molecule has 452 valence electrons. The highest BCUT2D eigenvalue weighted by Crippen LogP contribution is 2.35. The molecule has 35 heteroatoms. The maximum absolute atomic E-state index is 13.1. The summed E-state index contributed by atoms with van der Waals surface area (Å²) < 4.78 is 178. The molecule has 7 aromatic rings. The monoisotopic (exact) mass is 1290 g/mol. The summed E-state index contributed by atoms with van der Waals surface area (Å²) in [5.74, 6) is 6.33. The minimum absolute atomic E-state index is 0.0323. The van der Waals surface area contributed by atoms with Crippen LogP contribution in [0, 0.1) is 13.8 Å². The second-order valence-corrected chi connectivity index (χ2v) is 26.5. The van der Waals surface area contributed by atoms with Crippen LogP contribution in [0.4, 0.5) is 37.7 Å². The van der Waals surface area contributed by atoms with Crippen LogP contribution >= 0.6 is 23.2 Å². The molecule has 0 radical (unpaired) electrons. The lowest BCUT2D eigenvalue weighted by Gasteiger charge is -2.19. The molecule has 23 nitrogen and oxygen atoms in total. The number of oxazole rings is 2. The van der Waals surface area contributed by atoms with Crippen molar-refractivity contribution < 1.29 is 82.1 Å². The molecule has 6 N–H and O–H groups in total. The number of nitrogens with two attached hydrogens (primary N) is 1. The van der Waals surface area contributed by atoms with E-state index in [0.717, 1.165) is 11.1 Å². The fraction of sp³-hybridized carbons (Fsp3) is 0.292. The van der Waals surface area contributed by atoms with E-state index in [9.17, 15) is 69.6 Å². The SMILES string of the molecule is CC(C)(C)c1ccc(S(=O)(=O)Nc2ccc(Cl)cc2C(=O)NN)cc1.CNC(=O)c1ncoc1C.Cc1ocnc1-c1nnc(-c2cc(Cl)ccc2NS(=O)(=O)c2ccc(C(C)(C)C)cc2)n1C.O=S(=O)(OS(=O)(=O)C(F)(F)F)C(F)(F)F. The Morgan fingerprint density at radius 2 is 1.02 bits per heavy atom. The van der Waals surface area contributed by atoms with Gasteiger partial charge >= 0.3 is 31.3 Å². The van der Waals surface area contributed by atoms with Crippen molar-refractivity contribution in [1.82, 2.24) is 35.5 Å². The van der Waals surface area contributed by atoms with Gasteiger partial charge in [-0.05, 0) is 96.5 Å². The Morgan fingerprint density at radius 1 is 0.602 bits per heavy atom. The first-order valence-corrected chi connectivity index (χ1v) is 29.6. The number of carbonyl (C=O) groups is 2. The molecular weight excluding hydrogens is 1240 g/mol. The summed E-state index contributed by atoms with van der Waals surface area (Å²) in [6.45, 7) is 15.8. The standard InChI is InChI=1S/C23H24ClN5O3S.C17H20ClN3O3S.C6H8N2O2.C2F6O5S2/c1-14-20(25-13-32-14)22-27-26-21(29(22)5)18-12-16(24)8-11-19(18)28-33(30,31)17-9-6-15(7-10-17)23(2,3)4;1-17(2,3)11-4-7-13(8-5-11)25(23,24)21-15-9-6-12(18)10-14(15)16(22)20-19;1-4-5(6(9)7-2)8-3-10-4;3-1(4,5)14(9,10)13-15(11,12)2(6,7)8/h6-13,28H,1-5H3;4-10,21H,19H2,1-3H3,(H,20,22);3H,1-2H3,(H,7,9);. The summed E-state index contributed by atoms with van der Waals surface area (Å²) in [6, 6.07) is 22.5. The minimum Gasteiger partial charge on any atom is -0.448 e. The molecule has 0 aliphatic carbocycles. The van der Waals surface area contributed by atoms with E-state index >= 15 is 0 Å². The van der Waals surface area contributed by atoms with Crippen molar-refractivity contribution in [2.75, 3.05) is 16.5 Å². The molecule has 0 atom stereocenters. The average Bonchev–Trinajstić information content (AvgIpc) is 3.71. The number of hydrazine groups is 1. The molecule has 7 rings (SSSR count). The van der Waals surface area contributed by atoms with Crippen LogP contribution < -0.4 is 26.0 Å². The zero-order chi connectivity index (χ0) is 63.1. The molecule has 0 bridgehead atoms. The number of carbonyl (C=O) groups excluding carboxylic acids is 2. The number of aromatic nitrogens is 5. The van der Waals surface area contributed by atoms with Gasteiger partial charge in [-0.25, -0.2) is 32.6 Å². The number of nitrogens with zero attached hydrogens (tertiary/aromatic N) is 5. The minimum atomic E-state index is -6.85. The van der Waals surface area contributed by atoms with Crippen LogP contribution in [-0.2, 0) is 61.8 Å². The Kier molecular flexibility index (Phi) is 21.6. The molecule has 0 spiro atoms. The summed E-state index contributed by atoms with van der Waals surface area (Å²) in [4.78, 5) is 30.8. The van der Waals surface area contributed by atoms with Crippen molar-refractivity contribution in [3.8, 4) is 22.9 Å². The summed E-state index contributed by atoms with van der Waals surface area (Å²) in [6.07, 6.45) is 2.59. The number of anilines is 2. The van der Waals surface area contributed by atoms with E-state index in [-0.39, 0.29) is 42.8 Å². The highest BCUT2D eigenvalue weighted by Gasteiger charge is 2.57. The lowest BCUT2D eigenvalue weighted by Crippen LogP contribution is -2.34. The van der Waals surface area contributed by atoms with Crippen LogP contribution in [-0.4, -0.2) is 88.3 Å². The van der Waals surface area contributed by atoms with Crippen molar-refractivity contribution in [3.63, 3.8) is 0 Å². The lowest BCUT2D eigenvalue weighted by atomic mass is 9.87. The first-order valence-electron chi connectivity index (χ1n) is 23.1. The quantitative estimate of drug-likeness (QED) is 0.0250. The molecule has 0 saturated carbocycles. The molecule has 3 heterocycles. The molecule has 0 aliphatic rings. The molecule has 0 unspecified atom stereocenters. The number of halogens is 8. The molecule has 3 aromatic heterocycles. The van der Waals surface area contributed by atoms with Gasteiger partial charge in [0.2, 0.25) is 0 Å². The highest BCUT2D eigenvalue weighted by molar-refractivity contribution is 8.00. The van der Waals surface area contributed by atoms with Crippen LogP contribution in [0.25, 0.3) is 22.9 Å². The van der Waals surface area contributed by atoms with Crippen molar-refractivity contribution in [3.05, 3.63) is 142 Å². The predicted octanol–water partition coefficient (Wildman–Crippen LogP) is 9.28. The molecule has 83 heavy (non-hydrogen) atoms. The summed E-state index contributed by atoms with van der Waals surface area (Å²) in [5.41, 5.74) is -6.81. The zero-order valence-electron chi connectivity index (χ0n) is 45.0. The van der Waals surface area contributed by atoms with Crippen LogP contribution in [0.15, 0.2) is 116 Å². The Bertz CT molecular complexity index is 3880. The van der Waals surface area contributed by atoms with Gasteiger partial charge in [-0.3, -0.25) is 24.5 Å². The highest BCUT2D eigenvalue weighted by atomic mass is 35.5. The van der Waals surface area contributed by atoms with E-state index in [0.29, 0.717) is 50.8 Å². The van der Waals surface area contributed by atoms with Gasteiger partial charge in [-0.1, -0.05) is 89.0 Å². The topological polar surface area (TPSA) is 337 Å². The van der Waals surface area contributed by atoms with Gasteiger partial charge in [-0.2, -0.15) is 43.2 Å². The van der Waals surface area contributed by atoms with Crippen LogP contribution in [0.3, 0.4) is 0 Å². The maximum Gasteiger partial charge on any atom is 0.524 e. The number of nitrogen functional groups attached to an aromatic ring is 1. The fourth-order valence-electron chi connectivity index (χ4n) is 6.46. The van der Waals surface area contributed by atoms with Crippen LogP contribution in [0.2, 0.25) is 10.0 Å². The van der Waals surface area contributed by atoms with Crippen molar-refractivity contribution in [1.29, 1.82) is 0 Å². The van der Waals surface area contributed by atoms with Gasteiger partial charge in [0.15, 0.2) is 30.1 Å². The number of amides is 2. The van der Waals surface area contributed by atoms with E-state index in [4.69, 9.17) is 37.9 Å². The van der Waals surface area contributed by atoms with Crippen molar-refractivity contribution in [2.24, 2.45) is 12.9 Å². The maximum atomic E-state index is 13.1. The second kappa shape index (κ2) is 26.2. The Labute approximate surface area is 482 Å². The van der Waals surface area contributed by atoms with Gasteiger partial charge in [0.25, 0.3) is 31.9 Å². The third kappa shape index (κ3) is 17.7. The predicted molar refractivity (Wildman–Crippen MR) is 292 cm³/mol. The zero-order valence-corrected chi connectivity index (χ0v) is 49.8. The van der Waals surface area contributed by atoms with E-state index in [1.165, 1.54) is 43.1 Å². The second-order valence-electron chi connectivity index (χ2n) is 19.0. The average molecular weight is 1290 g/mol. The molecular formula is C48H52Cl2F6N10O13S4. The number of hydrogen-bond acceptors (Lipinski definition) is 18. The van der Waals surface area contributed by atoms with E-state index in [1.54, 1.807) is 75.0 Å². The number of aryl methyl sites for hydroxylation is 2. The third-order valence-electron chi connectivity index (χ3n) is 10.9. The van der Waals surface area contributed by atoms with Crippen molar-refractivity contribution >= 4 is 86.7 Å². The van der Waals surface area contributed by atoms with Gasteiger partial charge in [-0.15, -0.1) is 13.8 Å². The fourth-order valence-corrected chi connectivity index (χ4v) is 10.5. The summed E-state index contributed by atoms with van der Waals surface area (Å²) in [7, 11) is -18.1. The molecule has 0 aliphatic heterocycles. The van der Waals surface area contributed by atoms with Gasteiger partial charge < -0.3 is 18.7 Å². The van der Waals surface area contributed by atoms with E-state index in [2.05, 4.69) is 55.7 Å². The first kappa shape index (κ1) is 68.4. The third-order valence-corrected chi connectivity index (χ3v) is 16.7. The van der Waals surface area contributed by atoms with Crippen LogP contribution in [0.1, 0.15) is 85.0 Å². The Hall–Kier alpha value is -7.14. The molecule has 2 amide bonds. The number of nitrogens with one attached hydrogen (secondary N) is 4. The Balaban J connectivity index is 0.000000260. The van der Waals surface area contributed by atoms with Crippen LogP contribution in [0.5, 0.6) is 0 Å². The molecule has 0 fully saturated rings. The summed E-state index contributed by atoms with van der Waals surface area (Å²) >= 11 is 12.1. The van der Waals surface area contributed by atoms with E-state index in [1.807, 2.05) is 42.0 Å². The molecule has 0 saturated heterocycles. The van der Waals surface area contributed by atoms with Gasteiger partial charge in [0, 0.05) is 29.7 Å². The first-order chi connectivity index (χ1) is 38.0. The number of rotatable bonds is 12. The molecule has 4 aromatic carbocycles.